The van der Waals surface area contributed by atoms with Crippen LogP contribution < -0.4 is 0 Å². The van der Waals surface area contributed by atoms with Crippen LogP contribution >= 0.6 is 0 Å². The maximum Gasteiger partial charge on any atom is 0.0923 e. The van der Waals surface area contributed by atoms with Crippen LogP contribution in [0, 0.1) is 0 Å². The molecule has 1 fully saturated rings. The summed E-state index contributed by atoms with van der Waals surface area (Å²) in [5.74, 6) is 0.596. The smallest absolute Gasteiger partial charge is 0.0923 e. The second-order valence-corrected chi connectivity index (χ2v) is 4.81. The van der Waals surface area contributed by atoms with Gasteiger partial charge in [0.2, 0.25) is 0 Å². The fraction of sp³-hybridized carbons (Fsp3) is 0.462. The number of rotatable bonds is 2. The summed E-state index contributed by atoms with van der Waals surface area (Å²) >= 11 is 0. The lowest BCUT2D eigenvalue weighted by atomic mass is 10.0. The molecule has 0 atom stereocenters. The molecule has 0 N–H and O–H groups in total. The summed E-state index contributed by atoms with van der Waals surface area (Å²) in [6.07, 6.45) is 4.79. The molecule has 15 heavy (non-hydrogen) atoms. The molecule has 1 aromatic heterocycles. The van der Waals surface area contributed by atoms with Crippen molar-refractivity contribution in [3.05, 3.63) is 30.0 Å². The van der Waals surface area contributed by atoms with Crippen molar-refractivity contribution < 1.29 is 0 Å². The summed E-state index contributed by atoms with van der Waals surface area (Å²) < 4.78 is 2.13. The normalized spacial score (nSPS) is 16.5. The topological polar surface area (TPSA) is 17.8 Å². The highest BCUT2D eigenvalue weighted by Crippen LogP contribution is 2.35. The summed E-state index contributed by atoms with van der Waals surface area (Å²) in [4.78, 5) is 0. The van der Waals surface area contributed by atoms with Gasteiger partial charge in [0.1, 0.15) is 0 Å². The standard InChI is InChI=1S/C13H16N2/c1-9(2)10-3-6-13-11(7-10)8-15(14-13)12-4-5-12/h3,6-9,12H,4-5H2,1-2H3. The van der Waals surface area contributed by atoms with Gasteiger partial charge in [-0.3, -0.25) is 4.68 Å². The van der Waals surface area contributed by atoms with E-state index >= 15 is 0 Å². The SMILES string of the molecule is CC(C)c1ccc2nn(C3CC3)cc2c1. The van der Waals surface area contributed by atoms with Gasteiger partial charge < -0.3 is 0 Å². The van der Waals surface area contributed by atoms with E-state index in [2.05, 4.69) is 48.0 Å². The molecular weight excluding hydrogens is 184 g/mol. The first-order chi connectivity index (χ1) is 7.24. The molecule has 0 saturated heterocycles. The Balaban J connectivity index is 2.09. The average molecular weight is 200 g/mol. The molecule has 78 valence electrons. The molecule has 1 saturated carbocycles. The summed E-state index contributed by atoms with van der Waals surface area (Å²) in [6, 6.07) is 7.28. The minimum Gasteiger partial charge on any atom is -0.268 e. The van der Waals surface area contributed by atoms with Crippen LogP contribution in [0.3, 0.4) is 0 Å². The van der Waals surface area contributed by atoms with Crippen molar-refractivity contribution in [2.75, 3.05) is 0 Å². The molecule has 1 heterocycles. The highest BCUT2D eigenvalue weighted by Gasteiger charge is 2.24. The van der Waals surface area contributed by atoms with Crippen LogP contribution in [-0.4, -0.2) is 9.78 Å². The van der Waals surface area contributed by atoms with Crippen molar-refractivity contribution in [3.63, 3.8) is 0 Å². The number of fused-ring (bicyclic) bond motifs is 1. The highest BCUT2D eigenvalue weighted by atomic mass is 15.3. The van der Waals surface area contributed by atoms with E-state index in [1.165, 1.54) is 23.8 Å². The van der Waals surface area contributed by atoms with Crippen LogP contribution in [-0.2, 0) is 0 Å². The Labute approximate surface area is 89.9 Å². The molecule has 1 aliphatic carbocycles. The second-order valence-electron chi connectivity index (χ2n) is 4.81. The van der Waals surface area contributed by atoms with Gasteiger partial charge in [0.15, 0.2) is 0 Å². The van der Waals surface area contributed by atoms with Gasteiger partial charge in [-0.2, -0.15) is 5.10 Å². The van der Waals surface area contributed by atoms with Gasteiger partial charge in [0.25, 0.3) is 0 Å². The maximum atomic E-state index is 4.59. The quantitative estimate of drug-likeness (QED) is 0.725. The molecule has 0 unspecified atom stereocenters. The van der Waals surface area contributed by atoms with Gasteiger partial charge in [-0.15, -0.1) is 0 Å². The van der Waals surface area contributed by atoms with Crippen LogP contribution in [0.15, 0.2) is 24.4 Å². The third-order valence-electron chi connectivity index (χ3n) is 3.13. The molecule has 1 aromatic carbocycles. The fourth-order valence-electron chi connectivity index (χ4n) is 1.95. The first-order valence-electron chi connectivity index (χ1n) is 5.73. The van der Waals surface area contributed by atoms with Crippen molar-refractivity contribution >= 4 is 10.9 Å². The van der Waals surface area contributed by atoms with E-state index < -0.39 is 0 Å². The van der Waals surface area contributed by atoms with Gasteiger partial charge in [-0.05, 0) is 36.5 Å². The monoisotopic (exact) mass is 200 g/mol. The summed E-state index contributed by atoms with van der Waals surface area (Å²) in [7, 11) is 0. The second kappa shape index (κ2) is 3.09. The Morgan fingerprint density at radius 1 is 1.33 bits per heavy atom. The van der Waals surface area contributed by atoms with Crippen molar-refractivity contribution in [3.8, 4) is 0 Å². The van der Waals surface area contributed by atoms with Gasteiger partial charge in [0.05, 0.1) is 11.6 Å². The lowest BCUT2D eigenvalue weighted by Gasteiger charge is -2.03. The van der Waals surface area contributed by atoms with Crippen molar-refractivity contribution in [2.45, 2.75) is 38.6 Å². The zero-order valence-corrected chi connectivity index (χ0v) is 9.27. The fourth-order valence-corrected chi connectivity index (χ4v) is 1.95. The van der Waals surface area contributed by atoms with E-state index in [1.54, 1.807) is 0 Å². The molecule has 1 aliphatic rings. The maximum absolute atomic E-state index is 4.59. The zero-order chi connectivity index (χ0) is 10.4. The van der Waals surface area contributed by atoms with E-state index in [0.29, 0.717) is 12.0 Å². The van der Waals surface area contributed by atoms with E-state index in [-0.39, 0.29) is 0 Å². The van der Waals surface area contributed by atoms with E-state index in [4.69, 9.17) is 0 Å². The summed E-state index contributed by atoms with van der Waals surface area (Å²) in [5, 5.41) is 5.88. The molecule has 0 radical (unpaired) electrons. The molecule has 2 heteroatoms. The minimum atomic E-state index is 0.596. The van der Waals surface area contributed by atoms with E-state index in [1.807, 2.05) is 0 Å². The number of hydrogen-bond acceptors (Lipinski definition) is 1. The van der Waals surface area contributed by atoms with Crippen LogP contribution in [0.2, 0.25) is 0 Å². The lowest BCUT2D eigenvalue weighted by Crippen LogP contribution is -1.92. The predicted octanol–water partition coefficient (Wildman–Crippen LogP) is 3.49. The highest BCUT2D eigenvalue weighted by molar-refractivity contribution is 5.79. The molecular formula is C13H16N2. The largest absolute Gasteiger partial charge is 0.268 e. The van der Waals surface area contributed by atoms with Crippen molar-refractivity contribution in [1.82, 2.24) is 9.78 Å². The number of hydrogen-bond donors (Lipinski definition) is 0. The minimum absolute atomic E-state index is 0.596. The molecule has 0 aliphatic heterocycles. The van der Waals surface area contributed by atoms with Gasteiger partial charge in [-0.25, -0.2) is 0 Å². The Kier molecular flexibility index (Phi) is 1.84. The number of benzene rings is 1. The molecule has 0 spiro atoms. The number of nitrogens with zero attached hydrogens (tertiary/aromatic N) is 2. The van der Waals surface area contributed by atoms with Gasteiger partial charge in [0, 0.05) is 11.6 Å². The summed E-state index contributed by atoms with van der Waals surface area (Å²) in [5.41, 5.74) is 2.53. The number of aromatic nitrogens is 2. The van der Waals surface area contributed by atoms with Gasteiger partial charge in [-0.1, -0.05) is 19.9 Å². The van der Waals surface area contributed by atoms with Crippen LogP contribution in [0.5, 0.6) is 0 Å². The first-order valence-corrected chi connectivity index (χ1v) is 5.73. The van der Waals surface area contributed by atoms with Crippen molar-refractivity contribution in [1.29, 1.82) is 0 Å². The molecule has 2 nitrogen and oxygen atoms in total. The van der Waals surface area contributed by atoms with E-state index in [0.717, 1.165) is 5.52 Å². The first kappa shape index (κ1) is 8.96. The Hall–Kier alpha value is -1.31. The molecule has 3 rings (SSSR count). The average Bonchev–Trinajstić information content (AvgIpc) is 2.97. The van der Waals surface area contributed by atoms with Crippen molar-refractivity contribution in [2.24, 2.45) is 0 Å². The predicted molar refractivity (Wildman–Crippen MR) is 62.1 cm³/mol. The third kappa shape index (κ3) is 1.54. The summed E-state index contributed by atoms with van der Waals surface area (Å²) in [6.45, 7) is 4.46. The molecule has 0 bridgehead atoms. The Bertz CT molecular complexity index is 492. The zero-order valence-electron chi connectivity index (χ0n) is 9.27. The van der Waals surface area contributed by atoms with Crippen LogP contribution in [0.4, 0.5) is 0 Å². The Morgan fingerprint density at radius 2 is 2.13 bits per heavy atom. The molecule has 2 aromatic rings. The van der Waals surface area contributed by atoms with Gasteiger partial charge >= 0.3 is 0 Å². The third-order valence-corrected chi connectivity index (χ3v) is 3.13. The van der Waals surface area contributed by atoms with Crippen LogP contribution in [0.1, 0.15) is 44.2 Å². The lowest BCUT2D eigenvalue weighted by molar-refractivity contribution is 0.649. The molecule has 0 amide bonds. The van der Waals surface area contributed by atoms with E-state index in [9.17, 15) is 0 Å². The Morgan fingerprint density at radius 3 is 2.80 bits per heavy atom. The van der Waals surface area contributed by atoms with Crippen LogP contribution in [0.25, 0.3) is 10.9 Å².